The zero-order chi connectivity index (χ0) is 22.4. The van der Waals surface area contributed by atoms with Crippen molar-refractivity contribution >= 4 is 39.9 Å². The van der Waals surface area contributed by atoms with E-state index in [1.54, 1.807) is 18.2 Å². The van der Waals surface area contributed by atoms with Crippen LogP contribution in [0, 0.1) is 5.82 Å². The van der Waals surface area contributed by atoms with Crippen LogP contribution in [0.5, 0.6) is 0 Å². The Bertz CT molecular complexity index is 1070. The highest BCUT2D eigenvalue weighted by molar-refractivity contribution is 7.18. The summed E-state index contributed by atoms with van der Waals surface area (Å²) >= 11 is 7.24. The quantitative estimate of drug-likeness (QED) is 0.497. The highest BCUT2D eigenvalue weighted by Gasteiger charge is 2.23. The molecule has 0 aliphatic rings. The molecule has 1 atom stereocenters. The number of hydrogen-bond donors (Lipinski definition) is 1. The van der Waals surface area contributed by atoms with E-state index in [2.05, 4.69) is 15.5 Å². The third kappa shape index (κ3) is 5.86. The molecule has 2 aromatic carbocycles. The number of anilines is 1. The fraction of sp³-hybridized carbons (Fsp3) is 0.273. The topological polar surface area (TPSA) is 75.2 Å². The van der Waals surface area contributed by atoms with Gasteiger partial charge in [0.05, 0.1) is 5.56 Å². The normalized spacial score (nSPS) is 11.7. The van der Waals surface area contributed by atoms with Crippen molar-refractivity contribution < 1.29 is 14.0 Å². The van der Waals surface area contributed by atoms with E-state index in [9.17, 15) is 14.0 Å². The Morgan fingerprint density at radius 1 is 1.19 bits per heavy atom. The van der Waals surface area contributed by atoms with E-state index in [1.807, 2.05) is 26.0 Å². The highest BCUT2D eigenvalue weighted by atomic mass is 35.5. The van der Waals surface area contributed by atoms with Gasteiger partial charge in [0.15, 0.2) is 0 Å². The number of amides is 2. The molecule has 162 valence electrons. The average Bonchev–Trinajstić information content (AvgIpc) is 3.22. The Labute approximate surface area is 189 Å². The molecule has 3 rings (SSSR count). The van der Waals surface area contributed by atoms with Crippen LogP contribution >= 0.6 is 22.9 Å². The molecule has 0 saturated heterocycles. The van der Waals surface area contributed by atoms with Gasteiger partial charge in [-0.25, -0.2) is 4.39 Å². The predicted molar refractivity (Wildman–Crippen MR) is 121 cm³/mol. The van der Waals surface area contributed by atoms with Gasteiger partial charge in [0.2, 0.25) is 11.0 Å². The second kappa shape index (κ2) is 10.5. The third-order valence-electron chi connectivity index (χ3n) is 4.81. The van der Waals surface area contributed by atoms with E-state index in [0.29, 0.717) is 21.6 Å². The molecule has 9 heteroatoms. The molecule has 0 saturated carbocycles. The molecular formula is C22H22ClFN4O2S. The summed E-state index contributed by atoms with van der Waals surface area (Å²) in [6.45, 7) is 3.97. The first-order valence-electron chi connectivity index (χ1n) is 9.83. The molecule has 6 nitrogen and oxygen atoms in total. The lowest BCUT2D eigenvalue weighted by atomic mass is 10.1. The van der Waals surface area contributed by atoms with Crippen LogP contribution < -0.4 is 5.32 Å². The van der Waals surface area contributed by atoms with E-state index < -0.39 is 11.7 Å². The van der Waals surface area contributed by atoms with Gasteiger partial charge in [-0.05, 0) is 37.6 Å². The zero-order valence-electron chi connectivity index (χ0n) is 17.1. The van der Waals surface area contributed by atoms with Crippen molar-refractivity contribution in [3.63, 3.8) is 0 Å². The van der Waals surface area contributed by atoms with Crippen LogP contribution in [-0.4, -0.2) is 39.5 Å². The van der Waals surface area contributed by atoms with E-state index in [-0.39, 0.29) is 30.5 Å². The maximum Gasteiger partial charge on any atom is 0.257 e. The number of carbonyl (C=O) groups is 2. The van der Waals surface area contributed by atoms with Gasteiger partial charge in [-0.3, -0.25) is 9.59 Å². The van der Waals surface area contributed by atoms with Crippen LogP contribution in [0.2, 0.25) is 5.02 Å². The fourth-order valence-corrected chi connectivity index (χ4v) is 3.89. The van der Waals surface area contributed by atoms with Gasteiger partial charge >= 0.3 is 0 Å². The van der Waals surface area contributed by atoms with Crippen molar-refractivity contribution in [3.8, 4) is 10.6 Å². The van der Waals surface area contributed by atoms with E-state index in [1.165, 1.54) is 34.4 Å². The molecule has 3 aromatic rings. The molecule has 1 N–H and O–H groups in total. The Kier molecular flexibility index (Phi) is 7.70. The van der Waals surface area contributed by atoms with E-state index >= 15 is 0 Å². The summed E-state index contributed by atoms with van der Waals surface area (Å²) in [5.41, 5.74) is 0.808. The number of aromatic nitrogens is 2. The zero-order valence-corrected chi connectivity index (χ0v) is 18.7. The first-order valence-corrected chi connectivity index (χ1v) is 11.0. The Hall–Kier alpha value is -2.84. The van der Waals surface area contributed by atoms with Gasteiger partial charge < -0.3 is 10.2 Å². The lowest BCUT2D eigenvalue weighted by molar-refractivity contribution is -0.116. The SMILES string of the molecule is CC[C@@H](C)N(CCC(=O)Nc1nnc(-c2cccc(Cl)c2)s1)C(=O)c1ccccc1F. The summed E-state index contributed by atoms with van der Waals surface area (Å²) in [4.78, 5) is 26.8. The molecule has 1 heterocycles. The lowest BCUT2D eigenvalue weighted by Crippen LogP contribution is -2.40. The number of benzene rings is 2. The number of rotatable bonds is 8. The molecule has 0 fully saturated rings. The van der Waals surface area contributed by atoms with Gasteiger partial charge in [-0.1, -0.05) is 54.1 Å². The average molecular weight is 461 g/mol. The number of hydrogen-bond acceptors (Lipinski definition) is 5. The lowest BCUT2D eigenvalue weighted by Gasteiger charge is -2.28. The number of carbonyl (C=O) groups excluding carboxylic acids is 2. The maximum atomic E-state index is 14.1. The second-order valence-corrected chi connectivity index (χ2v) is 8.37. The molecule has 31 heavy (non-hydrogen) atoms. The molecule has 0 aliphatic heterocycles. The number of nitrogens with zero attached hydrogens (tertiary/aromatic N) is 3. The van der Waals surface area contributed by atoms with Gasteiger partial charge in [0, 0.05) is 29.6 Å². The number of halogens is 2. The van der Waals surface area contributed by atoms with Crippen LogP contribution in [0.1, 0.15) is 37.0 Å². The number of nitrogens with one attached hydrogen (secondary N) is 1. The molecule has 0 radical (unpaired) electrons. The minimum atomic E-state index is -0.576. The van der Waals surface area contributed by atoms with Gasteiger partial charge in [-0.2, -0.15) is 0 Å². The van der Waals surface area contributed by atoms with Crippen LogP contribution in [0.4, 0.5) is 9.52 Å². The Morgan fingerprint density at radius 2 is 1.97 bits per heavy atom. The summed E-state index contributed by atoms with van der Waals surface area (Å²) in [6, 6.07) is 12.9. The predicted octanol–water partition coefficient (Wildman–Crippen LogP) is 5.27. The van der Waals surface area contributed by atoms with E-state index in [4.69, 9.17) is 11.6 Å². The summed E-state index contributed by atoms with van der Waals surface area (Å²) in [6.07, 6.45) is 0.734. The minimum Gasteiger partial charge on any atom is -0.335 e. The fourth-order valence-electron chi connectivity index (χ4n) is 2.95. The standard InChI is InChI=1S/C22H22ClFN4O2S/c1-3-14(2)28(21(30)17-9-4-5-10-18(17)24)12-11-19(29)25-22-27-26-20(31-22)15-7-6-8-16(23)13-15/h4-10,13-14H,3,11-12H2,1-2H3,(H,25,27,29)/t14-/m1/s1. The van der Waals surface area contributed by atoms with Crippen LogP contribution in [-0.2, 0) is 4.79 Å². The molecule has 0 spiro atoms. The van der Waals surface area contributed by atoms with Crippen molar-refractivity contribution in [3.05, 3.63) is 64.9 Å². The molecular weight excluding hydrogens is 439 g/mol. The summed E-state index contributed by atoms with van der Waals surface area (Å²) in [7, 11) is 0. The molecule has 2 amide bonds. The van der Waals surface area contributed by atoms with Crippen LogP contribution in [0.3, 0.4) is 0 Å². The van der Waals surface area contributed by atoms with Crippen LogP contribution in [0.25, 0.3) is 10.6 Å². The molecule has 0 aliphatic carbocycles. The largest absolute Gasteiger partial charge is 0.335 e. The third-order valence-corrected chi connectivity index (χ3v) is 5.93. The van der Waals surface area contributed by atoms with Crippen molar-refractivity contribution in [2.75, 3.05) is 11.9 Å². The van der Waals surface area contributed by atoms with Crippen molar-refractivity contribution in [1.29, 1.82) is 0 Å². The van der Waals surface area contributed by atoms with Crippen molar-refractivity contribution in [2.45, 2.75) is 32.7 Å². The van der Waals surface area contributed by atoms with Crippen molar-refractivity contribution in [2.24, 2.45) is 0 Å². The van der Waals surface area contributed by atoms with Crippen molar-refractivity contribution in [1.82, 2.24) is 15.1 Å². The molecule has 1 aromatic heterocycles. The minimum absolute atomic E-state index is 0.00139. The summed E-state index contributed by atoms with van der Waals surface area (Å²) in [5.74, 6) is -1.31. The Balaban J connectivity index is 1.64. The monoisotopic (exact) mass is 460 g/mol. The Morgan fingerprint density at radius 3 is 2.68 bits per heavy atom. The summed E-state index contributed by atoms with van der Waals surface area (Å²) < 4.78 is 14.1. The van der Waals surface area contributed by atoms with Crippen LogP contribution in [0.15, 0.2) is 48.5 Å². The molecule has 0 unspecified atom stereocenters. The first kappa shape index (κ1) is 22.8. The smallest absolute Gasteiger partial charge is 0.257 e. The molecule has 0 bridgehead atoms. The van der Waals surface area contributed by atoms with Gasteiger partial charge in [-0.15, -0.1) is 10.2 Å². The first-order chi connectivity index (χ1) is 14.9. The van der Waals surface area contributed by atoms with Gasteiger partial charge in [0.25, 0.3) is 5.91 Å². The highest BCUT2D eigenvalue weighted by Crippen LogP contribution is 2.28. The summed E-state index contributed by atoms with van der Waals surface area (Å²) in [5, 5.41) is 12.4. The van der Waals surface area contributed by atoms with E-state index in [0.717, 1.165) is 5.56 Å². The maximum absolute atomic E-state index is 14.1. The second-order valence-electron chi connectivity index (χ2n) is 6.96. The van der Waals surface area contributed by atoms with Gasteiger partial charge in [0.1, 0.15) is 10.8 Å².